The fourth-order valence-electron chi connectivity index (χ4n) is 6.04. The molecule has 5 rings (SSSR count). The summed E-state index contributed by atoms with van der Waals surface area (Å²) in [6.07, 6.45) is 7.73. The molecule has 34 heavy (non-hydrogen) atoms. The standard InChI is InChI=1S/C30H36N2O2/c1-23-11-8-9-17-28(23)29-22-31(21-27-16-10-18-34-27)19-25(29)20-32(26-14-6-3-7-15-26)30(33)24-12-4-2-5-13-24/h2,4-5,8-13,16-18,25-26,29H,3,6-7,14-15,19-22H2,1H3/t25-,29-/m1/s1. The Morgan fingerprint density at radius 2 is 1.71 bits per heavy atom. The van der Waals surface area contributed by atoms with Gasteiger partial charge in [0.25, 0.3) is 5.91 Å². The van der Waals surface area contributed by atoms with Gasteiger partial charge in [-0.1, -0.05) is 61.7 Å². The number of hydrogen-bond donors (Lipinski definition) is 0. The molecular weight excluding hydrogens is 420 g/mol. The third kappa shape index (κ3) is 5.12. The number of carbonyl (C=O) groups is 1. The van der Waals surface area contributed by atoms with Crippen molar-refractivity contribution < 1.29 is 9.21 Å². The lowest BCUT2D eigenvalue weighted by atomic mass is 9.85. The molecule has 0 bridgehead atoms. The van der Waals surface area contributed by atoms with Crippen molar-refractivity contribution in [2.45, 2.75) is 57.5 Å². The van der Waals surface area contributed by atoms with Crippen LogP contribution in [0.2, 0.25) is 0 Å². The van der Waals surface area contributed by atoms with E-state index in [0.717, 1.165) is 50.3 Å². The maximum atomic E-state index is 13.8. The average molecular weight is 457 g/mol. The molecule has 2 atom stereocenters. The van der Waals surface area contributed by atoms with Crippen LogP contribution in [0.15, 0.2) is 77.4 Å². The van der Waals surface area contributed by atoms with Crippen molar-refractivity contribution in [3.8, 4) is 0 Å². The molecule has 1 aromatic heterocycles. The summed E-state index contributed by atoms with van der Waals surface area (Å²) in [5, 5.41) is 0. The first-order valence-corrected chi connectivity index (χ1v) is 12.9. The van der Waals surface area contributed by atoms with Crippen molar-refractivity contribution in [3.05, 3.63) is 95.4 Å². The van der Waals surface area contributed by atoms with Gasteiger partial charge in [-0.3, -0.25) is 9.69 Å². The van der Waals surface area contributed by atoms with E-state index in [1.807, 2.05) is 36.4 Å². The van der Waals surface area contributed by atoms with Gasteiger partial charge in [0.2, 0.25) is 0 Å². The van der Waals surface area contributed by atoms with Crippen LogP contribution in [0.25, 0.3) is 0 Å². The Balaban J connectivity index is 1.42. The monoisotopic (exact) mass is 456 g/mol. The molecule has 4 heteroatoms. The van der Waals surface area contributed by atoms with Crippen LogP contribution in [-0.4, -0.2) is 41.4 Å². The minimum atomic E-state index is 0.195. The van der Waals surface area contributed by atoms with Crippen molar-refractivity contribution in [3.63, 3.8) is 0 Å². The minimum absolute atomic E-state index is 0.195. The zero-order chi connectivity index (χ0) is 23.3. The zero-order valence-electron chi connectivity index (χ0n) is 20.2. The van der Waals surface area contributed by atoms with E-state index in [0.29, 0.717) is 17.9 Å². The highest BCUT2D eigenvalue weighted by Crippen LogP contribution is 2.37. The van der Waals surface area contributed by atoms with Crippen LogP contribution in [0, 0.1) is 12.8 Å². The zero-order valence-corrected chi connectivity index (χ0v) is 20.2. The fourth-order valence-corrected chi connectivity index (χ4v) is 6.04. The lowest BCUT2D eigenvalue weighted by molar-refractivity contribution is 0.0587. The molecule has 1 aliphatic carbocycles. The lowest BCUT2D eigenvalue weighted by Crippen LogP contribution is -2.45. The molecule has 2 fully saturated rings. The third-order valence-corrected chi connectivity index (χ3v) is 7.79. The van der Waals surface area contributed by atoms with Crippen LogP contribution in [-0.2, 0) is 6.54 Å². The van der Waals surface area contributed by atoms with Crippen molar-refractivity contribution >= 4 is 5.91 Å². The molecule has 0 N–H and O–H groups in total. The number of benzene rings is 2. The smallest absolute Gasteiger partial charge is 0.254 e. The number of nitrogens with zero attached hydrogens (tertiary/aromatic N) is 2. The molecule has 0 spiro atoms. The first kappa shape index (κ1) is 22.9. The molecule has 0 radical (unpaired) electrons. The van der Waals surface area contributed by atoms with Gasteiger partial charge in [0, 0.05) is 37.2 Å². The summed E-state index contributed by atoms with van der Waals surface area (Å²) in [6, 6.07) is 23.0. The molecule has 1 saturated heterocycles. The number of hydrogen-bond acceptors (Lipinski definition) is 3. The van der Waals surface area contributed by atoms with Crippen LogP contribution in [0.4, 0.5) is 0 Å². The number of carbonyl (C=O) groups excluding carboxylic acids is 1. The van der Waals surface area contributed by atoms with E-state index in [-0.39, 0.29) is 5.91 Å². The second-order valence-corrected chi connectivity index (χ2v) is 10.1. The summed E-state index contributed by atoms with van der Waals surface area (Å²) in [5.41, 5.74) is 3.58. The van der Waals surface area contributed by atoms with Gasteiger partial charge in [0.05, 0.1) is 12.8 Å². The van der Waals surface area contributed by atoms with E-state index in [2.05, 4.69) is 47.1 Å². The van der Waals surface area contributed by atoms with Gasteiger partial charge in [0.1, 0.15) is 5.76 Å². The predicted octanol–water partition coefficient (Wildman–Crippen LogP) is 6.28. The summed E-state index contributed by atoms with van der Waals surface area (Å²) in [5.74, 6) is 2.01. The molecule has 0 unspecified atom stereocenters. The van der Waals surface area contributed by atoms with E-state index < -0.39 is 0 Å². The summed E-state index contributed by atoms with van der Waals surface area (Å²) >= 11 is 0. The Morgan fingerprint density at radius 1 is 0.941 bits per heavy atom. The number of likely N-dealkylation sites (tertiary alicyclic amines) is 1. The molecule has 178 valence electrons. The SMILES string of the molecule is Cc1ccccc1[C@@H]1CN(Cc2ccco2)C[C@@H]1CN(C(=O)c1ccccc1)C1CCCCC1. The van der Waals surface area contributed by atoms with Crippen molar-refractivity contribution in [2.24, 2.45) is 5.92 Å². The Bertz CT molecular complexity index is 1060. The van der Waals surface area contributed by atoms with E-state index in [1.54, 1.807) is 6.26 Å². The van der Waals surface area contributed by atoms with Gasteiger partial charge in [0.15, 0.2) is 0 Å². The Hall–Kier alpha value is -2.85. The molecule has 2 aliphatic rings. The third-order valence-electron chi connectivity index (χ3n) is 7.79. The summed E-state index contributed by atoms with van der Waals surface area (Å²) in [7, 11) is 0. The Morgan fingerprint density at radius 3 is 2.44 bits per heavy atom. The van der Waals surface area contributed by atoms with Crippen molar-refractivity contribution in [1.29, 1.82) is 0 Å². The maximum Gasteiger partial charge on any atom is 0.254 e. The average Bonchev–Trinajstić information content (AvgIpc) is 3.53. The number of furan rings is 1. The Kier molecular flexibility index (Phi) is 7.15. The van der Waals surface area contributed by atoms with Crippen LogP contribution in [0.5, 0.6) is 0 Å². The number of rotatable bonds is 7. The lowest BCUT2D eigenvalue weighted by Gasteiger charge is -2.37. The van der Waals surface area contributed by atoms with Crippen molar-refractivity contribution in [1.82, 2.24) is 9.80 Å². The molecule has 1 saturated carbocycles. The van der Waals surface area contributed by atoms with Gasteiger partial charge in [-0.2, -0.15) is 0 Å². The molecule has 3 aromatic rings. The molecule has 1 amide bonds. The van der Waals surface area contributed by atoms with Gasteiger partial charge in [-0.25, -0.2) is 0 Å². The summed E-state index contributed by atoms with van der Waals surface area (Å²) in [6.45, 7) is 5.82. The van der Waals surface area contributed by atoms with Gasteiger partial charge < -0.3 is 9.32 Å². The van der Waals surface area contributed by atoms with Crippen LogP contribution >= 0.6 is 0 Å². The highest BCUT2D eigenvalue weighted by atomic mass is 16.3. The fraction of sp³-hybridized carbons (Fsp3) is 0.433. The van der Waals surface area contributed by atoms with Gasteiger partial charge >= 0.3 is 0 Å². The van der Waals surface area contributed by atoms with Crippen LogP contribution in [0.1, 0.15) is 65.3 Å². The molecular formula is C30H36N2O2. The maximum absolute atomic E-state index is 13.8. The number of amides is 1. The molecule has 2 aromatic carbocycles. The first-order chi connectivity index (χ1) is 16.7. The topological polar surface area (TPSA) is 36.7 Å². The molecule has 4 nitrogen and oxygen atoms in total. The first-order valence-electron chi connectivity index (χ1n) is 12.9. The minimum Gasteiger partial charge on any atom is -0.468 e. The van der Waals surface area contributed by atoms with E-state index in [9.17, 15) is 4.79 Å². The Labute approximate surface area is 203 Å². The normalized spacial score (nSPS) is 21.6. The molecule has 2 heterocycles. The van der Waals surface area contributed by atoms with Crippen LogP contribution in [0.3, 0.4) is 0 Å². The number of aryl methyl sites for hydroxylation is 1. The van der Waals surface area contributed by atoms with Gasteiger partial charge in [-0.05, 0) is 61.1 Å². The second-order valence-electron chi connectivity index (χ2n) is 10.1. The summed E-state index contributed by atoms with van der Waals surface area (Å²) in [4.78, 5) is 18.5. The quantitative estimate of drug-likeness (QED) is 0.420. The largest absolute Gasteiger partial charge is 0.468 e. The van der Waals surface area contributed by atoms with E-state index in [1.165, 1.54) is 30.4 Å². The van der Waals surface area contributed by atoms with Crippen LogP contribution < -0.4 is 0 Å². The molecule has 1 aliphatic heterocycles. The van der Waals surface area contributed by atoms with E-state index >= 15 is 0 Å². The highest BCUT2D eigenvalue weighted by molar-refractivity contribution is 5.94. The summed E-state index contributed by atoms with van der Waals surface area (Å²) < 4.78 is 5.66. The van der Waals surface area contributed by atoms with Gasteiger partial charge in [-0.15, -0.1) is 0 Å². The van der Waals surface area contributed by atoms with Crippen molar-refractivity contribution in [2.75, 3.05) is 19.6 Å². The van der Waals surface area contributed by atoms with E-state index in [4.69, 9.17) is 4.42 Å². The second kappa shape index (κ2) is 10.6. The highest BCUT2D eigenvalue weighted by Gasteiger charge is 2.38. The predicted molar refractivity (Wildman–Crippen MR) is 136 cm³/mol.